The van der Waals surface area contributed by atoms with E-state index in [1.807, 2.05) is 32.3 Å². The maximum atomic E-state index is 12.2. The van der Waals surface area contributed by atoms with Crippen LogP contribution in [-0.2, 0) is 0 Å². The van der Waals surface area contributed by atoms with E-state index in [1.165, 1.54) is 6.33 Å². The molecule has 2 N–H and O–H groups in total. The zero-order valence-corrected chi connectivity index (χ0v) is 14.3. The van der Waals surface area contributed by atoms with Crippen LogP contribution in [0.1, 0.15) is 16.9 Å². The van der Waals surface area contributed by atoms with Gasteiger partial charge in [-0.05, 0) is 39.2 Å². The van der Waals surface area contributed by atoms with Crippen LogP contribution >= 0.6 is 0 Å². The van der Waals surface area contributed by atoms with Crippen molar-refractivity contribution in [3.8, 4) is 11.5 Å². The van der Waals surface area contributed by atoms with E-state index in [0.717, 1.165) is 18.7 Å². The number of nitrogens with one attached hydrogen (secondary N) is 2. The first-order valence-electron chi connectivity index (χ1n) is 8.03. The van der Waals surface area contributed by atoms with Gasteiger partial charge in [0.2, 0.25) is 6.79 Å². The van der Waals surface area contributed by atoms with Crippen LogP contribution in [0.3, 0.4) is 0 Å². The lowest BCUT2D eigenvalue weighted by Gasteiger charge is -2.10. The van der Waals surface area contributed by atoms with E-state index in [0.29, 0.717) is 29.6 Å². The zero-order chi connectivity index (χ0) is 17.6. The van der Waals surface area contributed by atoms with E-state index >= 15 is 0 Å². The molecule has 2 aromatic rings. The molecule has 0 unspecified atom stereocenters. The maximum Gasteiger partial charge on any atom is 0.270 e. The van der Waals surface area contributed by atoms with E-state index in [9.17, 15) is 4.79 Å². The lowest BCUT2D eigenvalue weighted by atomic mass is 10.2. The van der Waals surface area contributed by atoms with Crippen molar-refractivity contribution in [1.29, 1.82) is 0 Å². The maximum absolute atomic E-state index is 12.2. The average molecular weight is 343 g/mol. The third kappa shape index (κ3) is 4.57. The molecule has 1 aromatic carbocycles. The molecule has 0 radical (unpaired) electrons. The van der Waals surface area contributed by atoms with Gasteiger partial charge in [0.25, 0.3) is 5.91 Å². The molecule has 0 atom stereocenters. The van der Waals surface area contributed by atoms with E-state index in [2.05, 4.69) is 25.5 Å². The molecule has 0 bridgehead atoms. The minimum absolute atomic E-state index is 0.213. The second kappa shape index (κ2) is 7.80. The molecule has 132 valence electrons. The van der Waals surface area contributed by atoms with Crippen molar-refractivity contribution in [3.63, 3.8) is 0 Å². The number of hydrogen-bond acceptors (Lipinski definition) is 7. The van der Waals surface area contributed by atoms with Crippen LogP contribution in [0.15, 0.2) is 30.6 Å². The fraction of sp³-hybridized carbons (Fsp3) is 0.353. The summed E-state index contributed by atoms with van der Waals surface area (Å²) in [5.41, 5.74) is 1.11. The topological polar surface area (TPSA) is 88.6 Å². The third-order valence-corrected chi connectivity index (χ3v) is 3.61. The highest BCUT2D eigenvalue weighted by atomic mass is 16.7. The first kappa shape index (κ1) is 17.0. The molecular weight excluding hydrogens is 322 g/mol. The summed E-state index contributed by atoms with van der Waals surface area (Å²) in [5, 5.41) is 6.00. The smallest absolute Gasteiger partial charge is 0.270 e. The van der Waals surface area contributed by atoms with Crippen molar-refractivity contribution in [2.45, 2.75) is 6.42 Å². The zero-order valence-electron chi connectivity index (χ0n) is 14.3. The normalized spacial score (nSPS) is 12.3. The van der Waals surface area contributed by atoms with Gasteiger partial charge >= 0.3 is 0 Å². The Labute approximate surface area is 146 Å². The van der Waals surface area contributed by atoms with Crippen LogP contribution in [0, 0.1) is 0 Å². The molecule has 0 spiro atoms. The number of carbonyl (C=O) groups excluding carboxylic acids is 1. The van der Waals surface area contributed by atoms with Crippen LogP contribution in [-0.4, -0.2) is 54.8 Å². The summed E-state index contributed by atoms with van der Waals surface area (Å²) in [7, 11) is 4.00. The van der Waals surface area contributed by atoms with E-state index < -0.39 is 0 Å². The Hall–Kier alpha value is -2.87. The second-order valence-corrected chi connectivity index (χ2v) is 5.89. The summed E-state index contributed by atoms with van der Waals surface area (Å²) in [6.07, 6.45) is 2.25. The number of nitrogens with zero attached hydrogens (tertiary/aromatic N) is 3. The van der Waals surface area contributed by atoms with Gasteiger partial charge in [0, 0.05) is 24.4 Å². The van der Waals surface area contributed by atoms with E-state index in [-0.39, 0.29) is 12.7 Å². The van der Waals surface area contributed by atoms with Crippen LogP contribution in [0.25, 0.3) is 0 Å². The minimum Gasteiger partial charge on any atom is -0.454 e. The number of ether oxygens (including phenoxy) is 2. The molecule has 8 nitrogen and oxygen atoms in total. The first-order chi connectivity index (χ1) is 12.1. The Kier molecular flexibility index (Phi) is 5.30. The van der Waals surface area contributed by atoms with Crippen molar-refractivity contribution in [1.82, 2.24) is 20.2 Å². The van der Waals surface area contributed by atoms with Gasteiger partial charge in [0.1, 0.15) is 17.8 Å². The lowest BCUT2D eigenvalue weighted by Crippen LogP contribution is -2.27. The Morgan fingerprint density at radius 3 is 2.88 bits per heavy atom. The summed E-state index contributed by atoms with van der Waals surface area (Å²) in [4.78, 5) is 22.4. The van der Waals surface area contributed by atoms with Crippen molar-refractivity contribution in [2.24, 2.45) is 0 Å². The van der Waals surface area contributed by atoms with Crippen molar-refractivity contribution in [3.05, 3.63) is 36.3 Å². The monoisotopic (exact) mass is 343 g/mol. The van der Waals surface area contributed by atoms with Gasteiger partial charge < -0.3 is 25.0 Å². The summed E-state index contributed by atoms with van der Waals surface area (Å²) in [5.74, 6) is 1.71. The summed E-state index contributed by atoms with van der Waals surface area (Å²) < 4.78 is 10.6. The fourth-order valence-electron chi connectivity index (χ4n) is 2.36. The van der Waals surface area contributed by atoms with Gasteiger partial charge in [0.15, 0.2) is 11.5 Å². The summed E-state index contributed by atoms with van der Waals surface area (Å²) in [6, 6.07) is 7.12. The van der Waals surface area contributed by atoms with Crippen LogP contribution in [0.2, 0.25) is 0 Å². The number of fused-ring (bicyclic) bond motifs is 1. The molecule has 25 heavy (non-hydrogen) atoms. The highest BCUT2D eigenvalue weighted by molar-refractivity contribution is 5.92. The highest BCUT2D eigenvalue weighted by Gasteiger charge is 2.14. The number of carbonyl (C=O) groups is 1. The van der Waals surface area contributed by atoms with Gasteiger partial charge in [-0.1, -0.05) is 0 Å². The summed E-state index contributed by atoms with van der Waals surface area (Å²) in [6.45, 7) is 1.75. The molecule has 0 fully saturated rings. The number of hydrogen-bond donors (Lipinski definition) is 2. The standard InChI is InChI=1S/C17H21N5O3/c1-22(2)7-3-6-18-17(23)13-9-16(20-10-19-13)21-12-4-5-14-15(8-12)25-11-24-14/h4-5,8-10H,3,6-7,11H2,1-2H3,(H,18,23)(H,19,20,21). The van der Waals surface area contributed by atoms with Gasteiger partial charge in [-0.15, -0.1) is 0 Å². The SMILES string of the molecule is CN(C)CCCNC(=O)c1cc(Nc2ccc3c(c2)OCO3)ncn1. The Bertz CT molecular complexity index is 751. The molecule has 0 saturated heterocycles. The van der Waals surface area contributed by atoms with Gasteiger partial charge in [-0.25, -0.2) is 9.97 Å². The van der Waals surface area contributed by atoms with Gasteiger partial charge in [-0.3, -0.25) is 4.79 Å². The minimum atomic E-state index is -0.213. The molecule has 0 aliphatic carbocycles. The van der Waals surface area contributed by atoms with Gasteiger partial charge in [0.05, 0.1) is 0 Å². The van der Waals surface area contributed by atoms with Crippen molar-refractivity contribution < 1.29 is 14.3 Å². The Morgan fingerprint density at radius 1 is 1.20 bits per heavy atom. The number of rotatable bonds is 7. The second-order valence-electron chi connectivity index (χ2n) is 5.89. The Morgan fingerprint density at radius 2 is 2.04 bits per heavy atom. The van der Waals surface area contributed by atoms with Crippen LogP contribution in [0.4, 0.5) is 11.5 Å². The molecular formula is C17H21N5O3. The average Bonchev–Trinajstić information content (AvgIpc) is 3.06. The molecule has 2 heterocycles. The predicted octanol–water partition coefficient (Wildman–Crippen LogP) is 1.63. The lowest BCUT2D eigenvalue weighted by molar-refractivity contribution is 0.0947. The number of benzene rings is 1. The van der Waals surface area contributed by atoms with E-state index in [1.54, 1.807) is 6.07 Å². The van der Waals surface area contributed by atoms with Gasteiger partial charge in [-0.2, -0.15) is 0 Å². The molecule has 1 aliphatic heterocycles. The van der Waals surface area contributed by atoms with Crippen molar-refractivity contribution >= 4 is 17.4 Å². The molecule has 0 saturated carbocycles. The highest BCUT2D eigenvalue weighted by Crippen LogP contribution is 2.34. The first-order valence-corrected chi connectivity index (χ1v) is 8.03. The fourth-order valence-corrected chi connectivity index (χ4v) is 2.36. The van der Waals surface area contributed by atoms with Crippen LogP contribution in [0.5, 0.6) is 11.5 Å². The predicted molar refractivity (Wildman–Crippen MR) is 93.4 cm³/mol. The molecule has 3 rings (SSSR count). The van der Waals surface area contributed by atoms with Crippen LogP contribution < -0.4 is 20.1 Å². The van der Waals surface area contributed by atoms with E-state index in [4.69, 9.17) is 9.47 Å². The van der Waals surface area contributed by atoms with Crippen molar-refractivity contribution in [2.75, 3.05) is 39.3 Å². The quantitative estimate of drug-likeness (QED) is 0.739. The molecule has 8 heteroatoms. The largest absolute Gasteiger partial charge is 0.454 e. The number of aromatic nitrogens is 2. The number of amides is 1. The summed E-state index contributed by atoms with van der Waals surface area (Å²) >= 11 is 0. The molecule has 1 aliphatic rings. The Balaban J connectivity index is 1.60. The molecule has 1 amide bonds. The third-order valence-electron chi connectivity index (χ3n) is 3.61. The molecule has 1 aromatic heterocycles. The number of anilines is 2.